The van der Waals surface area contributed by atoms with Gasteiger partial charge >= 0.3 is 0 Å². The van der Waals surface area contributed by atoms with E-state index in [0.717, 1.165) is 11.6 Å². The van der Waals surface area contributed by atoms with Crippen LogP contribution in [0.2, 0.25) is 0 Å². The van der Waals surface area contributed by atoms with E-state index in [0.29, 0.717) is 23.7 Å². The molecule has 3 N–H and O–H groups in total. The predicted molar refractivity (Wildman–Crippen MR) is 118 cm³/mol. The second-order valence-electron chi connectivity index (χ2n) is 6.31. The van der Waals surface area contributed by atoms with E-state index in [1.54, 1.807) is 24.3 Å². The van der Waals surface area contributed by atoms with E-state index in [9.17, 15) is 9.59 Å². The number of ether oxygens (including phenoxy) is 1. The van der Waals surface area contributed by atoms with Crippen molar-refractivity contribution in [2.45, 2.75) is 6.61 Å². The molecule has 0 aliphatic heterocycles. The van der Waals surface area contributed by atoms with Crippen LogP contribution in [-0.4, -0.2) is 17.4 Å². The van der Waals surface area contributed by atoms with Crippen LogP contribution >= 0.6 is 0 Å². The molecule has 0 spiro atoms. The Bertz CT molecular complexity index is 1050. The highest BCUT2D eigenvalue weighted by atomic mass is 16.5. The van der Waals surface area contributed by atoms with Gasteiger partial charge in [-0.1, -0.05) is 60.7 Å². The molecular weight excluding hydrogens is 378 g/mol. The lowest BCUT2D eigenvalue weighted by molar-refractivity contribution is -0.113. The number of anilines is 2. The number of allylic oxidation sites excluding steroid dienone is 1. The molecule has 0 heterocycles. The van der Waals surface area contributed by atoms with Crippen LogP contribution in [0.15, 0.2) is 97.2 Å². The molecule has 0 bridgehead atoms. The van der Waals surface area contributed by atoms with Crippen molar-refractivity contribution in [1.29, 1.82) is 5.41 Å². The van der Waals surface area contributed by atoms with Gasteiger partial charge in [-0.05, 0) is 29.8 Å². The van der Waals surface area contributed by atoms with E-state index >= 15 is 0 Å². The number of amides is 1. The zero-order valence-electron chi connectivity index (χ0n) is 16.2. The van der Waals surface area contributed by atoms with E-state index in [1.807, 2.05) is 60.7 Å². The molecule has 6 nitrogen and oxygen atoms in total. The summed E-state index contributed by atoms with van der Waals surface area (Å²) in [6, 6.07) is 25.8. The maximum absolute atomic E-state index is 12.1. The fraction of sp³-hybridized carbons (Fsp3) is 0.0417. The molecule has 0 aliphatic carbocycles. The first-order chi connectivity index (χ1) is 14.6. The number of benzene rings is 3. The first kappa shape index (κ1) is 20.5. The molecule has 30 heavy (non-hydrogen) atoms. The lowest BCUT2D eigenvalue weighted by Gasteiger charge is -2.11. The van der Waals surface area contributed by atoms with Crippen LogP contribution in [0.4, 0.5) is 11.4 Å². The molecule has 0 fully saturated rings. The SMILES string of the molecule is N=C(C(=O)/C=C\Nc1ccccc1OCc1ccccc1)C(=O)Nc1ccccc1. The summed E-state index contributed by atoms with van der Waals surface area (Å²) < 4.78 is 5.85. The summed E-state index contributed by atoms with van der Waals surface area (Å²) in [6.45, 7) is 0.409. The van der Waals surface area contributed by atoms with Crippen LogP contribution in [0.1, 0.15) is 5.56 Å². The molecule has 150 valence electrons. The third kappa shape index (κ3) is 5.90. The maximum Gasteiger partial charge on any atom is 0.277 e. The summed E-state index contributed by atoms with van der Waals surface area (Å²) in [5.74, 6) is -0.851. The summed E-state index contributed by atoms with van der Waals surface area (Å²) in [5, 5.41) is 13.3. The monoisotopic (exact) mass is 399 g/mol. The minimum Gasteiger partial charge on any atom is -0.487 e. The van der Waals surface area contributed by atoms with Crippen molar-refractivity contribution in [2.24, 2.45) is 0 Å². The van der Waals surface area contributed by atoms with Crippen molar-refractivity contribution in [2.75, 3.05) is 10.6 Å². The van der Waals surface area contributed by atoms with E-state index in [4.69, 9.17) is 10.1 Å². The maximum atomic E-state index is 12.1. The summed E-state index contributed by atoms with van der Waals surface area (Å²) in [4.78, 5) is 24.1. The lowest BCUT2D eigenvalue weighted by Crippen LogP contribution is -2.28. The van der Waals surface area contributed by atoms with Crippen LogP contribution in [-0.2, 0) is 16.2 Å². The molecule has 6 heteroatoms. The van der Waals surface area contributed by atoms with Crippen molar-refractivity contribution in [3.8, 4) is 5.75 Å². The predicted octanol–water partition coefficient (Wildman–Crippen LogP) is 4.42. The number of ketones is 1. The van der Waals surface area contributed by atoms with Gasteiger partial charge < -0.3 is 15.4 Å². The summed E-state index contributed by atoms with van der Waals surface area (Å²) in [6.07, 6.45) is 2.53. The number of carbonyl (C=O) groups is 2. The summed E-state index contributed by atoms with van der Waals surface area (Å²) in [7, 11) is 0. The number of nitrogens with one attached hydrogen (secondary N) is 3. The topological polar surface area (TPSA) is 91.3 Å². The number of hydrogen-bond acceptors (Lipinski definition) is 5. The van der Waals surface area contributed by atoms with Crippen LogP contribution < -0.4 is 15.4 Å². The van der Waals surface area contributed by atoms with Crippen molar-refractivity contribution in [3.63, 3.8) is 0 Å². The molecule has 3 aromatic rings. The van der Waals surface area contributed by atoms with Gasteiger partial charge in [-0.15, -0.1) is 0 Å². The molecule has 1 amide bonds. The largest absolute Gasteiger partial charge is 0.487 e. The normalized spacial score (nSPS) is 10.4. The Hall–Kier alpha value is -4.19. The molecule has 0 aliphatic rings. The summed E-state index contributed by atoms with van der Waals surface area (Å²) in [5.41, 5.74) is 1.57. The van der Waals surface area contributed by atoms with Gasteiger partial charge in [0.25, 0.3) is 5.91 Å². The summed E-state index contributed by atoms with van der Waals surface area (Å²) >= 11 is 0. The highest BCUT2D eigenvalue weighted by molar-refractivity contribution is 6.68. The third-order valence-electron chi connectivity index (χ3n) is 4.10. The zero-order valence-corrected chi connectivity index (χ0v) is 16.2. The minimum atomic E-state index is -0.762. The van der Waals surface area contributed by atoms with E-state index in [2.05, 4.69) is 10.6 Å². The van der Waals surface area contributed by atoms with Crippen LogP contribution in [0.3, 0.4) is 0 Å². The van der Waals surface area contributed by atoms with E-state index < -0.39 is 17.4 Å². The van der Waals surface area contributed by atoms with Crippen molar-refractivity contribution < 1.29 is 14.3 Å². The Morgan fingerprint density at radius 1 is 0.867 bits per heavy atom. The first-order valence-corrected chi connectivity index (χ1v) is 9.31. The number of para-hydroxylation sites is 3. The van der Waals surface area contributed by atoms with Gasteiger partial charge in [0.05, 0.1) is 5.69 Å². The molecule has 0 unspecified atom stereocenters. The van der Waals surface area contributed by atoms with Crippen LogP contribution in [0, 0.1) is 5.41 Å². The molecule has 0 atom stereocenters. The van der Waals surface area contributed by atoms with Gasteiger partial charge in [0.1, 0.15) is 12.4 Å². The quantitative estimate of drug-likeness (QED) is 0.282. The molecule has 0 saturated heterocycles. The smallest absolute Gasteiger partial charge is 0.277 e. The van der Waals surface area contributed by atoms with Gasteiger partial charge in [0.2, 0.25) is 5.78 Å². The molecule has 0 aromatic heterocycles. The molecule has 0 saturated carbocycles. The van der Waals surface area contributed by atoms with Crippen molar-refractivity contribution in [3.05, 3.63) is 103 Å². The van der Waals surface area contributed by atoms with E-state index in [1.165, 1.54) is 6.20 Å². The number of hydrogen-bond donors (Lipinski definition) is 3. The standard InChI is InChI=1S/C24H21N3O3/c25-23(24(29)27-19-11-5-2-6-12-19)21(28)15-16-26-20-13-7-8-14-22(20)30-17-18-9-3-1-4-10-18/h1-16,25-26H,17H2,(H,27,29)/b16-15-,25-23?. The Morgan fingerprint density at radius 2 is 1.50 bits per heavy atom. The molecule has 0 radical (unpaired) electrons. The number of rotatable bonds is 9. The van der Waals surface area contributed by atoms with Gasteiger partial charge in [-0.3, -0.25) is 15.0 Å². The molecule has 3 aromatic carbocycles. The molecule has 3 rings (SSSR count). The number of carbonyl (C=O) groups excluding carboxylic acids is 2. The highest BCUT2D eigenvalue weighted by Crippen LogP contribution is 2.24. The highest BCUT2D eigenvalue weighted by Gasteiger charge is 2.16. The van der Waals surface area contributed by atoms with Gasteiger partial charge in [-0.25, -0.2) is 0 Å². The molecular formula is C24H21N3O3. The second kappa shape index (κ2) is 10.4. The fourth-order valence-electron chi connectivity index (χ4n) is 2.56. The lowest BCUT2D eigenvalue weighted by atomic mass is 10.2. The van der Waals surface area contributed by atoms with E-state index in [-0.39, 0.29) is 0 Å². The van der Waals surface area contributed by atoms with Crippen molar-refractivity contribution >= 4 is 28.8 Å². The van der Waals surface area contributed by atoms with Crippen LogP contribution in [0.25, 0.3) is 0 Å². The van der Waals surface area contributed by atoms with Gasteiger partial charge in [0, 0.05) is 18.0 Å². The van der Waals surface area contributed by atoms with Crippen molar-refractivity contribution in [1.82, 2.24) is 0 Å². The average molecular weight is 399 g/mol. The Labute approximate surface area is 174 Å². The van der Waals surface area contributed by atoms with Crippen LogP contribution in [0.5, 0.6) is 5.75 Å². The zero-order chi connectivity index (χ0) is 21.2. The fourth-order valence-corrected chi connectivity index (χ4v) is 2.56. The van der Waals surface area contributed by atoms with Gasteiger partial charge in [-0.2, -0.15) is 0 Å². The first-order valence-electron chi connectivity index (χ1n) is 9.31. The van der Waals surface area contributed by atoms with Gasteiger partial charge in [0.15, 0.2) is 5.71 Å². The second-order valence-corrected chi connectivity index (χ2v) is 6.31. The Balaban J connectivity index is 1.56. The Kier molecular flexibility index (Phi) is 7.11. The Morgan fingerprint density at radius 3 is 2.23 bits per heavy atom. The minimum absolute atomic E-state index is 0.409. The third-order valence-corrected chi connectivity index (χ3v) is 4.10. The average Bonchev–Trinajstić information content (AvgIpc) is 2.79.